The molecule has 1 aliphatic carbocycles. The number of rotatable bonds is 7. The number of nitrogens with zero attached hydrogens (tertiary/aromatic N) is 3. The van der Waals surface area contributed by atoms with E-state index >= 15 is 0 Å². The van der Waals surface area contributed by atoms with E-state index in [4.69, 9.17) is 11.6 Å². The number of hydrogen-bond acceptors (Lipinski definition) is 6. The molecule has 0 spiro atoms. The fourth-order valence-electron chi connectivity index (χ4n) is 4.40. The van der Waals surface area contributed by atoms with Gasteiger partial charge in [-0.25, -0.2) is 18.4 Å². The van der Waals surface area contributed by atoms with Crippen molar-refractivity contribution in [1.29, 1.82) is 0 Å². The second kappa shape index (κ2) is 8.48. The minimum Gasteiger partial charge on any atom is -0.385 e. The Labute approximate surface area is 177 Å². The second-order valence-corrected chi connectivity index (χ2v) is 10.6. The lowest BCUT2D eigenvalue weighted by molar-refractivity contribution is 0.343. The van der Waals surface area contributed by atoms with Crippen molar-refractivity contribution >= 4 is 33.1 Å². The normalized spacial score (nSPS) is 22.5. The van der Waals surface area contributed by atoms with Gasteiger partial charge in [0.1, 0.15) is 0 Å². The van der Waals surface area contributed by atoms with Gasteiger partial charge in [0, 0.05) is 31.6 Å². The van der Waals surface area contributed by atoms with Gasteiger partial charge in [-0.2, -0.15) is 0 Å². The van der Waals surface area contributed by atoms with Gasteiger partial charge in [0.15, 0.2) is 9.84 Å². The summed E-state index contributed by atoms with van der Waals surface area (Å²) in [4.78, 5) is 11.3. The highest BCUT2D eigenvalue weighted by Crippen LogP contribution is 2.49. The molecule has 2 aliphatic rings. The Morgan fingerprint density at radius 1 is 1.14 bits per heavy atom. The van der Waals surface area contributed by atoms with E-state index in [2.05, 4.69) is 20.2 Å². The van der Waals surface area contributed by atoms with Crippen LogP contribution < -0.4 is 10.2 Å². The minimum atomic E-state index is -3.13. The first-order valence-electron chi connectivity index (χ1n) is 10.2. The van der Waals surface area contributed by atoms with E-state index in [1.807, 2.05) is 12.1 Å². The van der Waals surface area contributed by atoms with Crippen molar-refractivity contribution in [2.24, 2.45) is 17.8 Å². The first-order valence-corrected chi connectivity index (χ1v) is 12.4. The van der Waals surface area contributed by atoms with Crippen molar-refractivity contribution in [3.63, 3.8) is 0 Å². The SMILES string of the molecule is CS(=O)(=O)c1ccc(NCC[C@@H]2C[C@@H]2C2CCN(c3ncc(Cl)cn3)CC2)cc1. The highest BCUT2D eigenvalue weighted by Gasteiger charge is 2.43. The molecule has 1 N–H and O–H groups in total. The molecule has 29 heavy (non-hydrogen) atoms. The third kappa shape index (κ3) is 5.20. The summed E-state index contributed by atoms with van der Waals surface area (Å²) in [5, 5.41) is 3.99. The number of hydrogen-bond donors (Lipinski definition) is 1. The van der Waals surface area contributed by atoms with Crippen molar-refractivity contribution in [1.82, 2.24) is 9.97 Å². The van der Waals surface area contributed by atoms with E-state index in [1.165, 1.54) is 31.9 Å². The highest BCUT2D eigenvalue weighted by molar-refractivity contribution is 7.90. The zero-order valence-corrected chi connectivity index (χ0v) is 18.2. The van der Waals surface area contributed by atoms with Crippen LogP contribution in [0.25, 0.3) is 0 Å². The summed E-state index contributed by atoms with van der Waals surface area (Å²) in [6, 6.07) is 7.01. The van der Waals surface area contributed by atoms with Gasteiger partial charge in [0.2, 0.25) is 5.95 Å². The molecule has 2 atom stereocenters. The molecule has 0 amide bonds. The van der Waals surface area contributed by atoms with Crippen LogP contribution in [-0.2, 0) is 9.84 Å². The minimum absolute atomic E-state index is 0.362. The third-order valence-electron chi connectivity index (χ3n) is 6.14. The van der Waals surface area contributed by atoms with Crippen LogP contribution in [0.1, 0.15) is 25.7 Å². The molecule has 1 aromatic heterocycles. The van der Waals surface area contributed by atoms with Gasteiger partial charge in [-0.05, 0) is 67.7 Å². The topological polar surface area (TPSA) is 75.2 Å². The molecule has 0 bridgehead atoms. The fraction of sp³-hybridized carbons (Fsp3) is 0.524. The van der Waals surface area contributed by atoms with Gasteiger partial charge >= 0.3 is 0 Å². The lowest BCUT2D eigenvalue weighted by Gasteiger charge is -2.32. The van der Waals surface area contributed by atoms with E-state index in [-0.39, 0.29) is 0 Å². The predicted octanol–water partition coefficient (Wildman–Crippen LogP) is 3.89. The Morgan fingerprint density at radius 3 is 2.41 bits per heavy atom. The number of sulfone groups is 1. The summed E-state index contributed by atoms with van der Waals surface area (Å²) in [6.07, 6.45) is 9.45. The van der Waals surface area contributed by atoms with Gasteiger partial charge < -0.3 is 10.2 Å². The third-order valence-corrected chi connectivity index (χ3v) is 7.46. The fourth-order valence-corrected chi connectivity index (χ4v) is 5.13. The second-order valence-electron chi connectivity index (χ2n) is 8.20. The maximum absolute atomic E-state index is 11.5. The molecule has 2 aromatic rings. The summed E-state index contributed by atoms with van der Waals surface area (Å²) in [5.41, 5.74) is 0.978. The Morgan fingerprint density at radius 2 is 1.79 bits per heavy atom. The van der Waals surface area contributed by atoms with Crippen molar-refractivity contribution < 1.29 is 8.42 Å². The van der Waals surface area contributed by atoms with Crippen molar-refractivity contribution in [3.8, 4) is 0 Å². The van der Waals surface area contributed by atoms with E-state index in [1.54, 1.807) is 24.5 Å². The molecule has 1 aromatic carbocycles. The molecule has 1 aliphatic heterocycles. The average molecular weight is 435 g/mol. The van der Waals surface area contributed by atoms with E-state index in [0.29, 0.717) is 9.92 Å². The summed E-state index contributed by atoms with van der Waals surface area (Å²) < 4.78 is 23.0. The van der Waals surface area contributed by atoms with Crippen LogP contribution in [0.5, 0.6) is 0 Å². The molecule has 4 rings (SSSR count). The molecule has 2 fully saturated rings. The van der Waals surface area contributed by atoms with Crippen molar-refractivity contribution in [3.05, 3.63) is 41.7 Å². The molecule has 1 saturated heterocycles. The molecule has 8 heteroatoms. The molecule has 156 valence electrons. The van der Waals surface area contributed by atoms with Crippen molar-refractivity contribution in [2.45, 2.75) is 30.6 Å². The molecule has 6 nitrogen and oxygen atoms in total. The molecular weight excluding hydrogens is 408 g/mol. The summed E-state index contributed by atoms with van der Waals surface area (Å²) >= 11 is 5.87. The maximum Gasteiger partial charge on any atom is 0.225 e. The monoisotopic (exact) mass is 434 g/mol. The van der Waals surface area contributed by atoms with Crippen LogP contribution in [0.15, 0.2) is 41.6 Å². The molecule has 0 radical (unpaired) electrons. The number of nitrogens with one attached hydrogen (secondary N) is 1. The van der Waals surface area contributed by atoms with Crippen LogP contribution in [0.2, 0.25) is 5.02 Å². The average Bonchev–Trinajstić information content (AvgIpc) is 3.48. The van der Waals surface area contributed by atoms with Crippen LogP contribution >= 0.6 is 11.6 Å². The van der Waals surface area contributed by atoms with Crippen molar-refractivity contribution in [2.75, 3.05) is 36.1 Å². The lowest BCUT2D eigenvalue weighted by Crippen LogP contribution is -2.35. The smallest absolute Gasteiger partial charge is 0.225 e. The van der Waals surface area contributed by atoms with Gasteiger partial charge in [0.05, 0.1) is 22.3 Å². The number of halogens is 1. The van der Waals surface area contributed by atoms with Gasteiger partial charge in [-0.3, -0.25) is 0 Å². The standard InChI is InChI=1S/C21H27ClN4O2S/c1-29(27,28)19-4-2-18(3-5-19)23-9-6-16-12-20(16)15-7-10-26(11-8-15)21-24-13-17(22)14-25-21/h2-5,13-16,20,23H,6-12H2,1H3/t16-,20-/m1/s1. The van der Waals surface area contributed by atoms with E-state index < -0.39 is 9.84 Å². The van der Waals surface area contributed by atoms with Gasteiger partial charge in [0.25, 0.3) is 0 Å². The highest BCUT2D eigenvalue weighted by atomic mass is 35.5. The Bertz CT molecular complexity index is 926. The van der Waals surface area contributed by atoms with E-state index in [0.717, 1.165) is 49.0 Å². The Kier molecular flexibility index (Phi) is 5.97. The zero-order chi connectivity index (χ0) is 20.4. The zero-order valence-electron chi connectivity index (χ0n) is 16.6. The van der Waals surface area contributed by atoms with Gasteiger partial charge in [-0.1, -0.05) is 11.6 Å². The number of anilines is 2. The van der Waals surface area contributed by atoms with Gasteiger partial charge in [-0.15, -0.1) is 0 Å². The summed E-state index contributed by atoms with van der Waals surface area (Å²) in [5.74, 6) is 3.24. The van der Waals surface area contributed by atoms with E-state index in [9.17, 15) is 8.42 Å². The largest absolute Gasteiger partial charge is 0.385 e. The van der Waals surface area contributed by atoms with Crippen LogP contribution in [0, 0.1) is 17.8 Å². The first kappa shape index (κ1) is 20.4. The number of aromatic nitrogens is 2. The number of piperidine rings is 1. The Balaban J connectivity index is 1.18. The first-order chi connectivity index (χ1) is 13.9. The maximum atomic E-state index is 11.5. The lowest BCUT2D eigenvalue weighted by atomic mass is 9.90. The quantitative estimate of drug-likeness (QED) is 0.712. The molecule has 0 unspecified atom stereocenters. The van der Waals surface area contributed by atoms with Crippen LogP contribution in [0.4, 0.5) is 11.6 Å². The number of benzene rings is 1. The molecule has 1 saturated carbocycles. The summed E-state index contributed by atoms with van der Waals surface area (Å²) in [7, 11) is -3.13. The Hall–Kier alpha value is -1.86. The molecular formula is C21H27ClN4O2S. The molecule has 2 heterocycles. The van der Waals surface area contributed by atoms with Crippen LogP contribution in [-0.4, -0.2) is 44.3 Å². The summed E-state index contributed by atoms with van der Waals surface area (Å²) in [6.45, 7) is 2.96. The van der Waals surface area contributed by atoms with Crippen LogP contribution in [0.3, 0.4) is 0 Å². The predicted molar refractivity (Wildman–Crippen MR) is 116 cm³/mol.